The molecule has 0 saturated carbocycles. The summed E-state index contributed by atoms with van der Waals surface area (Å²) in [5.41, 5.74) is 3.57. The fourth-order valence-electron chi connectivity index (χ4n) is 3.25. The molecule has 21 heavy (non-hydrogen) atoms. The molecule has 1 aliphatic heterocycles. The van der Waals surface area contributed by atoms with Crippen LogP contribution in [0.5, 0.6) is 0 Å². The van der Waals surface area contributed by atoms with E-state index in [4.69, 9.17) is 0 Å². The smallest absolute Gasteiger partial charge is 0.231 e. The van der Waals surface area contributed by atoms with Crippen LogP contribution in [0.3, 0.4) is 0 Å². The number of likely N-dealkylation sites (N-methyl/N-ethyl adjacent to an activating group) is 1. The quantitative estimate of drug-likeness (QED) is 0.830. The molecule has 0 aromatic heterocycles. The van der Waals surface area contributed by atoms with Gasteiger partial charge in [-0.3, -0.25) is 4.79 Å². The fourth-order valence-corrected chi connectivity index (χ4v) is 3.25. The summed E-state index contributed by atoms with van der Waals surface area (Å²) in [6, 6.07) is 6.91. The van der Waals surface area contributed by atoms with E-state index >= 15 is 0 Å². The summed E-state index contributed by atoms with van der Waals surface area (Å²) in [4.78, 5) is 13.6. The van der Waals surface area contributed by atoms with Gasteiger partial charge >= 0.3 is 0 Å². The monoisotopic (exact) mass is 288 g/mol. The lowest BCUT2D eigenvalue weighted by Gasteiger charge is -2.26. The van der Waals surface area contributed by atoms with Gasteiger partial charge in [0.05, 0.1) is 6.42 Å². The minimum atomic E-state index is 0.196. The van der Waals surface area contributed by atoms with Crippen LogP contribution in [0.1, 0.15) is 57.2 Å². The maximum Gasteiger partial charge on any atom is 0.231 e. The van der Waals surface area contributed by atoms with Crippen LogP contribution in [0, 0.1) is 5.92 Å². The molecule has 0 spiro atoms. The summed E-state index contributed by atoms with van der Waals surface area (Å²) < 4.78 is 0. The number of carbonyl (C=O) groups is 1. The van der Waals surface area contributed by atoms with Crippen LogP contribution < -0.4 is 10.2 Å². The first kappa shape index (κ1) is 16.0. The van der Waals surface area contributed by atoms with Crippen molar-refractivity contribution in [3.05, 3.63) is 29.3 Å². The maximum absolute atomic E-state index is 11.8. The lowest BCUT2D eigenvalue weighted by atomic mass is 9.89. The van der Waals surface area contributed by atoms with Crippen LogP contribution in [0.4, 0.5) is 5.69 Å². The third-order valence-corrected chi connectivity index (χ3v) is 4.47. The van der Waals surface area contributed by atoms with E-state index in [0.29, 0.717) is 18.4 Å². The van der Waals surface area contributed by atoms with E-state index in [1.54, 1.807) is 4.90 Å². The molecule has 116 valence electrons. The number of rotatable bonds is 7. The second-order valence-corrected chi connectivity index (χ2v) is 6.22. The van der Waals surface area contributed by atoms with Gasteiger partial charge in [0.25, 0.3) is 0 Å². The molecule has 0 radical (unpaired) electrons. The van der Waals surface area contributed by atoms with Crippen molar-refractivity contribution in [2.45, 2.75) is 52.5 Å². The lowest BCUT2D eigenvalue weighted by molar-refractivity contribution is -0.117. The number of hydrogen-bond acceptors (Lipinski definition) is 2. The molecular formula is C18H28N2O. The molecule has 0 bridgehead atoms. The van der Waals surface area contributed by atoms with Crippen LogP contribution in [-0.2, 0) is 11.2 Å². The van der Waals surface area contributed by atoms with E-state index in [-0.39, 0.29) is 5.91 Å². The fraction of sp³-hybridized carbons (Fsp3) is 0.611. The van der Waals surface area contributed by atoms with E-state index in [1.165, 1.54) is 24.0 Å². The van der Waals surface area contributed by atoms with Crippen molar-refractivity contribution in [2.24, 2.45) is 5.92 Å². The standard InChI is InChI=1S/C18H28N2O/c1-5-7-13(3)18(19-10-6-2)14-8-9-16-15(11-14)12-17(21)20(16)4/h8-9,11,13,18-19H,5-7,10,12H2,1-4H3. The van der Waals surface area contributed by atoms with Crippen molar-refractivity contribution in [2.75, 3.05) is 18.5 Å². The number of fused-ring (bicyclic) bond motifs is 1. The third-order valence-electron chi connectivity index (χ3n) is 4.47. The van der Waals surface area contributed by atoms with E-state index in [0.717, 1.165) is 18.7 Å². The molecule has 0 aliphatic carbocycles. The van der Waals surface area contributed by atoms with Crippen molar-refractivity contribution in [1.82, 2.24) is 5.32 Å². The summed E-state index contributed by atoms with van der Waals surface area (Å²) in [6.07, 6.45) is 4.11. The SMILES string of the molecule is CCCNC(c1ccc2c(c1)CC(=O)N2C)C(C)CCC. The number of nitrogens with zero attached hydrogens (tertiary/aromatic N) is 1. The Kier molecular flexibility index (Phi) is 5.40. The van der Waals surface area contributed by atoms with E-state index < -0.39 is 0 Å². The molecule has 1 N–H and O–H groups in total. The largest absolute Gasteiger partial charge is 0.315 e. The second kappa shape index (κ2) is 7.08. The van der Waals surface area contributed by atoms with Crippen LogP contribution >= 0.6 is 0 Å². The molecule has 3 nitrogen and oxygen atoms in total. The highest BCUT2D eigenvalue weighted by molar-refractivity contribution is 6.00. The van der Waals surface area contributed by atoms with Crippen molar-refractivity contribution in [1.29, 1.82) is 0 Å². The molecule has 1 heterocycles. The lowest BCUT2D eigenvalue weighted by Crippen LogP contribution is -2.27. The highest BCUT2D eigenvalue weighted by atomic mass is 16.2. The van der Waals surface area contributed by atoms with Crippen LogP contribution in [0.2, 0.25) is 0 Å². The normalized spacial score (nSPS) is 17.0. The first-order valence-corrected chi connectivity index (χ1v) is 8.21. The predicted molar refractivity (Wildman–Crippen MR) is 88.7 cm³/mol. The van der Waals surface area contributed by atoms with Crippen molar-refractivity contribution in [3.8, 4) is 0 Å². The zero-order chi connectivity index (χ0) is 15.4. The van der Waals surface area contributed by atoms with Gasteiger partial charge in [-0.25, -0.2) is 0 Å². The van der Waals surface area contributed by atoms with Crippen LogP contribution in [0.25, 0.3) is 0 Å². The average Bonchev–Trinajstić information content (AvgIpc) is 2.74. The summed E-state index contributed by atoms with van der Waals surface area (Å²) >= 11 is 0. The average molecular weight is 288 g/mol. The van der Waals surface area contributed by atoms with Gasteiger partial charge in [0.1, 0.15) is 0 Å². The number of carbonyl (C=O) groups excluding carboxylic acids is 1. The Balaban J connectivity index is 2.24. The van der Waals surface area contributed by atoms with Crippen LogP contribution in [0.15, 0.2) is 18.2 Å². The molecule has 0 fully saturated rings. The minimum absolute atomic E-state index is 0.196. The number of hydrogen-bond donors (Lipinski definition) is 1. The molecular weight excluding hydrogens is 260 g/mol. The second-order valence-electron chi connectivity index (χ2n) is 6.22. The predicted octanol–water partition coefficient (Wildman–Crippen LogP) is 3.68. The van der Waals surface area contributed by atoms with Gasteiger partial charge in [0.15, 0.2) is 0 Å². The van der Waals surface area contributed by atoms with Crippen molar-refractivity contribution >= 4 is 11.6 Å². The van der Waals surface area contributed by atoms with Crippen molar-refractivity contribution < 1.29 is 4.79 Å². The minimum Gasteiger partial charge on any atom is -0.315 e. The van der Waals surface area contributed by atoms with Crippen molar-refractivity contribution in [3.63, 3.8) is 0 Å². The van der Waals surface area contributed by atoms with E-state index in [9.17, 15) is 4.79 Å². The topological polar surface area (TPSA) is 32.3 Å². The molecule has 2 unspecified atom stereocenters. The number of amides is 1. The molecule has 1 aromatic carbocycles. The van der Waals surface area contributed by atoms with Gasteiger partial charge in [-0.2, -0.15) is 0 Å². The third kappa shape index (κ3) is 3.46. The Morgan fingerprint density at radius 1 is 1.29 bits per heavy atom. The first-order valence-electron chi connectivity index (χ1n) is 8.21. The Bertz CT molecular complexity index is 498. The molecule has 2 rings (SSSR count). The van der Waals surface area contributed by atoms with Gasteiger partial charge in [0.2, 0.25) is 5.91 Å². The summed E-state index contributed by atoms with van der Waals surface area (Å²) in [6.45, 7) is 7.80. The molecule has 1 aromatic rings. The van der Waals surface area contributed by atoms with E-state index in [2.05, 4.69) is 44.3 Å². The first-order chi connectivity index (χ1) is 10.1. The molecule has 3 heteroatoms. The summed E-state index contributed by atoms with van der Waals surface area (Å²) in [7, 11) is 1.86. The maximum atomic E-state index is 11.8. The molecule has 1 aliphatic rings. The number of benzene rings is 1. The molecule has 2 atom stereocenters. The number of anilines is 1. The Morgan fingerprint density at radius 2 is 2.05 bits per heavy atom. The van der Waals surface area contributed by atoms with Gasteiger partial charge in [0, 0.05) is 18.8 Å². The summed E-state index contributed by atoms with van der Waals surface area (Å²) in [5.74, 6) is 0.802. The Hall–Kier alpha value is -1.35. The van der Waals surface area contributed by atoms with E-state index in [1.807, 2.05) is 7.05 Å². The Labute approximate surface area is 128 Å². The van der Waals surface area contributed by atoms with Crippen LogP contribution in [-0.4, -0.2) is 19.5 Å². The highest BCUT2D eigenvalue weighted by Crippen LogP contribution is 2.33. The van der Waals surface area contributed by atoms with Gasteiger partial charge in [-0.1, -0.05) is 39.3 Å². The van der Waals surface area contributed by atoms with Gasteiger partial charge in [-0.15, -0.1) is 0 Å². The zero-order valence-corrected chi connectivity index (χ0v) is 13.8. The molecule has 1 amide bonds. The highest BCUT2D eigenvalue weighted by Gasteiger charge is 2.26. The summed E-state index contributed by atoms with van der Waals surface area (Å²) in [5, 5.41) is 3.69. The zero-order valence-electron chi connectivity index (χ0n) is 13.8. The number of nitrogens with one attached hydrogen (secondary N) is 1. The molecule has 0 saturated heterocycles. The van der Waals surface area contributed by atoms with Gasteiger partial charge in [-0.05, 0) is 42.5 Å². The Morgan fingerprint density at radius 3 is 2.71 bits per heavy atom. The van der Waals surface area contributed by atoms with Gasteiger partial charge < -0.3 is 10.2 Å².